The van der Waals surface area contributed by atoms with Crippen molar-refractivity contribution >= 4 is 45.0 Å². The first-order valence-corrected chi connectivity index (χ1v) is 8.27. The maximum Gasteiger partial charge on any atom is 0.230 e. The molecule has 1 aliphatic heterocycles. The van der Waals surface area contributed by atoms with Crippen molar-refractivity contribution in [2.24, 2.45) is 10.7 Å². The van der Waals surface area contributed by atoms with Crippen molar-refractivity contribution in [3.63, 3.8) is 0 Å². The quantitative estimate of drug-likeness (QED) is 0.902. The molecule has 21 heavy (non-hydrogen) atoms. The van der Waals surface area contributed by atoms with Gasteiger partial charge in [0.15, 0.2) is 0 Å². The van der Waals surface area contributed by atoms with Crippen molar-refractivity contribution in [2.45, 2.75) is 10.8 Å². The standard InChI is InChI=1S/C16H13BrN2OS/c17-11-7-5-10(6-8-11)15(16(18)20)13-9-21-14-4-2-1-3-12(14)19-13/h1-8,15H,9H2,(H2,18,20). The van der Waals surface area contributed by atoms with Gasteiger partial charge in [-0.05, 0) is 29.8 Å². The van der Waals surface area contributed by atoms with Crippen LogP contribution >= 0.6 is 27.7 Å². The molecule has 0 spiro atoms. The van der Waals surface area contributed by atoms with Crippen LogP contribution in [0.25, 0.3) is 0 Å². The Morgan fingerprint density at radius 2 is 1.90 bits per heavy atom. The van der Waals surface area contributed by atoms with Crippen molar-refractivity contribution in [3.8, 4) is 0 Å². The molecular weight excluding hydrogens is 348 g/mol. The molecule has 1 amide bonds. The van der Waals surface area contributed by atoms with Gasteiger partial charge in [-0.15, -0.1) is 11.8 Å². The molecule has 2 aromatic carbocycles. The third-order valence-corrected chi connectivity index (χ3v) is 4.95. The lowest BCUT2D eigenvalue weighted by molar-refractivity contribution is -0.118. The van der Waals surface area contributed by atoms with E-state index < -0.39 is 5.92 Å². The summed E-state index contributed by atoms with van der Waals surface area (Å²) in [6, 6.07) is 15.6. The zero-order valence-corrected chi connectivity index (χ0v) is 13.5. The molecule has 0 saturated heterocycles. The van der Waals surface area contributed by atoms with Gasteiger partial charge in [0.1, 0.15) is 5.92 Å². The molecule has 0 saturated carbocycles. The Kier molecular flexibility index (Phi) is 4.12. The molecule has 0 aromatic heterocycles. The fourth-order valence-corrected chi connectivity index (χ4v) is 3.57. The highest BCUT2D eigenvalue weighted by molar-refractivity contribution is 9.10. The number of hydrogen-bond donors (Lipinski definition) is 1. The highest BCUT2D eigenvalue weighted by Gasteiger charge is 2.26. The number of amides is 1. The van der Waals surface area contributed by atoms with Crippen molar-refractivity contribution in [1.82, 2.24) is 0 Å². The number of hydrogen-bond acceptors (Lipinski definition) is 3. The lowest BCUT2D eigenvalue weighted by atomic mass is 9.94. The molecule has 5 heteroatoms. The monoisotopic (exact) mass is 360 g/mol. The maximum absolute atomic E-state index is 11.9. The second-order valence-corrected chi connectivity index (χ2v) is 6.68. The second kappa shape index (κ2) is 6.03. The molecule has 3 nitrogen and oxygen atoms in total. The van der Waals surface area contributed by atoms with E-state index >= 15 is 0 Å². The molecule has 0 bridgehead atoms. The number of thioether (sulfide) groups is 1. The van der Waals surface area contributed by atoms with Crippen LogP contribution in [-0.2, 0) is 4.79 Å². The molecule has 0 radical (unpaired) electrons. The van der Waals surface area contributed by atoms with Gasteiger partial charge in [0.2, 0.25) is 5.91 Å². The molecule has 1 atom stereocenters. The Bertz CT molecular complexity index is 712. The van der Waals surface area contributed by atoms with Crippen molar-refractivity contribution in [2.75, 3.05) is 5.75 Å². The van der Waals surface area contributed by atoms with Crippen LogP contribution in [0, 0.1) is 0 Å². The van der Waals surface area contributed by atoms with Crippen LogP contribution in [0.15, 0.2) is 62.9 Å². The first-order chi connectivity index (χ1) is 10.1. The van der Waals surface area contributed by atoms with E-state index in [1.54, 1.807) is 11.8 Å². The molecule has 0 aliphatic carbocycles. The van der Waals surface area contributed by atoms with Gasteiger partial charge in [0, 0.05) is 20.8 Å². The van der Waals surface area contributed by atoms with Gasteiger partial charge in [-0.2, -0.15) is 0 Å². The fourth-order valence-electron chi connectivity index (χ4n) is 2.33. The summed E-state index contributed by atoms with van der Waals surface area (Å²) in [4.78, 5) is 17.7. The number of rotatable bonds is 3. The summed E-state index contributed by atoms with van der Waals surface area (Å²) in [6.45, 7) is 0. The van der Waals surface area contributed by atoms with Crippen LogP contribution in [0.2, 0.25) is 0 Å². The molecule has 1 heterocycles. The zero-order chi connectivity index (χ0) is 14.8. The average Bonchev–Trinajstić information content (AvgIpc) is 2.49. The Morgan fingerprint density at radius 1 is 1.19 bits per heavy atom. The van der Waals surface area contributed by atoms with Crippen molar-refractivity contribution in [1.29, 1.82) is 0 Å². The number of carbonyl (C=O) groups excluding carboxylic acids is 1. The van der Waals surface area contributed by atoms with Crippen LogP contribution in [0.1, 0.15) is 11.5 Å². The van der Waals surface area contributed by atoms with E-state index in [-0.39, 0.29) is 5.91 Å². The number of nitrogens with zero attached hydrogens (tertiary/aromatic N) is 1. The summed E-state index contributed by atoms with van der Waals surface area (Å²) in [7, 11) is 0. The summed E-state index contributed by atoms with van der Waals surface area (Å²) in [5, 5.41) is 0. The average molecular weight is 361 g/mol. The molecule has 0 fully saturated rings. The third-order valence-electron chi connectivity index (χ3n) is 3.33. The number of carbonyl (C=O) groups is 1. The first kappa shape index (κ1) is 14.4. The van der Waals surface area contributed by atoms with E-state index in [1.165, 1.54) is 0 Å². The number of nitrogens with two attached hydrogens (primary N) is 1. The van der Waals surface area contributed by atoms with Crippen LogP contribution in [0.3, 0.4) is 0 Å². The summed E-state index contributed by atoms with van der Waals surface area (Å²) < 4.78 is 0.972. The summed E-state index contributed by atoms with van der Waals surface area (Å²) in [6.07, 6.45) is 0. The first-order valence-electron chi connectivity index (χ1n) is 6.49. The molecular formula is C16H13BrN2OS. The van der Waals surface area contributed by atoms with Crippen molar-refractivity contribution < 1.29 is 4.79 Å². The molecule has 106 valence electrons. The predicted molar refractivity (Wildman–Crippen MR) is 90.3 cm³/mol. The van der Waals surface area contributed by atoms with Crippen LogP contribution < -0.4 is 5.73 Å². The van der Waals surface area contributed by atoms with Gasteiger partial charge >= 0.3 is 0 Å². The lowest BCUT2D eigenvalue weighted by Gasteiger charge is -2.21. The maximum atomic E-state index is 11.9. The summed E-state index contributed by atoms with van der Waals surface area (Å²) in [5.41, 5.74) is 8.22. The minimum Gasteiger partial charge on any atom is -0.369 e. The van der Waals surface area contributed by atoms with E-state index in [0.717, 1.165) is 26.3 Å². The zero-order valence-electron chi connectivity index (χ0n) is 11.1. The van der Waals surface area contributed by atoms with Gasteiger partial charge < -0.3 is 5.73 Å². The summed E-state index contributed by atoms with van der Waals surface area (Å²) in [5.74, 6) is -0.157. The Hall–Kier alpha value is -1.59. The van der Waals surface area contributed by atoms with Gasteiger partial charge in [0.25, 0.3) is 0 Å². The van der Waals surface area contributed by atoms with E-state index in [1.807, 2.05) is 48.5 Å². The largest absolute Gasteiger partial charge is 0.369 e. The SMILES string of the molecule is NC(=O)C(C1=Nc2ccccc2SC1)c1ccc(Br)cc1. The molecule has 2 aromatic rings. The Morgan fingerprint density at radius 3 is 2.62 bits per heavy atom. The smallest absolute Gasteiger partial charge is 0.230 e. The minimum atomic E-state index is -0.473. The normalized spacial score (nSPS) is 15.0. The van der Waals surface area contributed by atoms with Gasteiger partial charge in [0.05, 0.1) is 5.69 Å². The summed E-state index contributed by atoms with van der Waals surface area (Å²) >= 11 is 5.09. The van der Waals surface area contributed by atoms with Crippen LogP contribution in [0.5, 0.6) is 0 Å². The number of halogens is 1. The number of aliphatic imine (C=N–C) groups is 1. The van der Waals surface area contributed by atoms with Gasteiger partial charge in [-0.3, -0.25) is 9.79 Å². The predicted octanol–water partition coefficient (Wildman–Crippen LogP) is 3.90. The fraction of sp³-hybridized carbons (Fsp3) is 0.125. The molecule has 2 N–H and O–H groups in total. The number of benzene rings is 2. The number of primary amides is 1. The number of para-hydroxylation sites is 1. The highest BCUT2D eigenvalue weighted by Crippen LogP contribution is 2.36. The van der Waals surface area contributed by atoms with E-state index in [4.69, 9.17) is 5.73 Å². The Balaban J connectivity index is 2.01. The second-order valence-electron chi connectivity index (χ2n) is 4.75. The van der Waals surface area contributed by atoms with Crippen molar-refractivity contribution in [3.05, 3.63) is 58.6 Å². The molecule has 1 unspecified atom stereocenters. The lowest BCUT2D eigenvalue weighted by Crippen LogP contribution is -2.30. The molecule has 1 aliphatic rings. The molecule has 3 rings (SSSR count). The van der Waals surface area contributed by atoms with Crippen LogP contribution in [-0.4, -0.2) is 17.4 Å². The topological polar surface area (TPSA) is 55.5 Å². The van der Waals surface area contributed by atoms with E-state index in [9.17, 15) is 4.79 Å². The van der Waals surface area contributed by atoms with E-state index in [0.29, 0.717) is 5.75 Å². The van der Waals surface area contributed by atoms with Gasteiger partial charge in [-0.1, -0.05) is 40.2 Å². The van der Waals surface area contributed by atoms with E-state index in [2.05, 4.69) is 20.9 Å². The Labute approximate surface area is 135 Å². The van der Waals surface area contributed by atoms with Gasteiger partial charge in [-0.25, -0.2) is 0 Å². The minimum absolute atomic E-state index is 0.365. The number of fused-ring (bicyclic) bond motifs is 1. The highest BCUT2D eigenvalue weighted by atomic mass is 79.9. The third kappa shape index (κ3) is 3.04. The van der Waals surface area contributed by atoms with Crippen LogP contribution in [0.4, 0.5) is 5.69 Å².